The number of anilines is 3. The van der Waals surface area contributed by atoms with Gasteiger partial charge in [-0.1, -0.05) is 24.3 Å². The largest absolute Gasteiger partial charge is 0.382 e. The molecule has 170 valence electrons. The van der Waals surface area contributed by atoms with Crippen molar-refractivity contribution in [3.8, 4) is 0 Å². The number of carbonyl (C=O) groups excluding carboxylic acids is 2. The second kappa shape index (κ2) is 10.3. The second-order valence-electron chi connectivity index (χ2n) is 7.99. The number of halogens is 1. The van der Waals surface area contributed by atoms with E-state index in [0.29, 0.717) is 28.5 Å². The number of rotatable bonds is 6. The molecule has 0 radical (unpaired) electrons. The van der Waals surface area contributed by atoms with E-state index in [0.717, 1.165) is 31.7 Å². The molecule has 1 fully saturated rings. The van der Waals surface area contributed by atoms with Gasteiger partial charge in [-0.15, -0.1) is 0 Å². The van der Waals surface area contributed by atoms with E-state index in [1.165, 1.54) is 18.2 Å². The summed E-state index contributed by atoms with van der Waals surface area (Å²) >= 11 is 0. The molecule has 1 aliphatic heterocycles. The number of aryl methyl sites for hydroxylation is 1. The quantitative estimate of drug-likeness (QED) is 0.484. The topological polar surface area (TPSA) is 79.5 Å². The number of amides is 2. The van der Waals surface area contributed by atoms with Crippen LogP contribution in [0, 0.1) is 12.7 Å². The van der Waals surface area contributed by atoms with Gasteiger partial charge in [-0.05, 0) is 67.8 Å². The maximum absolute atomic E-state index is 14.0. The Morgan fingerprint density at radius 2 is 1.45 bits per heavy atom. The molecule has 0 unspecified atom stereocenters. The van der Waals surface area contributed by atoms with Gasteiger partial charge >= 0.3 is 0 Å². The van der Waals surface area contributed by atoms with Crippen molar-refractivity contribution in [2.45, 2.75) is 25.8 Å². The van der Waals surface area contributed by atoms with Crippen molar-refractivity contribution in [2.24, 2.45) is 0 Å². The first kappa shape index (κ1) is 22.5. The van der Waals surface area contributed by atoms with Crippen molar-refractivity contribution in [2.75, 3.05) is 29.2 Å². The van der Waals surface area contributed by atoms with Crippen LogP contribution in [0.25, 0.3) is 0 Å². The highest BCUT2D eigenvalue weighted by Gasteiger charge is 2.18. The fourth-order valence-electron chi connectivity index (χ4n) is 3.77. The monoisotopic (exact) mass is 447 g/mol. The van der Waals surface area contributed by atoms with E-state index in [1.807, 2.05) is 24.3 Å². The van der Waals surface area contributed by atoms with Gasteiger partial charge in [-0.2, -0.15) is 0 Å². The van der Waals surface area contributed by atoms with Crippen molar-refractivity contribution < 1.29 is 18.7 Å². The minimum atomic E-state index is -0.621. The van der Waals surface area contributed by atoms with Gasteiger partial charge in [0.25, 0.3) is 11.8 Å². The van der Waals surface area contributed by atoms with Crippen LogP contribution in [0.3, 0.4) is 0 Å². The highest BCUT2D eigenvalue weighted by Crippen LogP contribution is 2.24. The van der Waals surface area contributed by atoms with Gasteiger partial charge in [-0.3, -0.25) is 9.59 Å². The molecular formula is C26H26FN3O3. The summed E-state index contributed by atoms with van der Waals surface area (Å²) in [7, 11) is 0. The van der Waals surface area contributed by atoms with Crippen LogP contribution in [0.15, 0.2) is 66.7 Å². The third-order valence-electron chi connectivity index (χ3n) is 5.61. The number of benzene rings is 3. The molecule has 3 aromatic carbocycles. The number of hydrogen-bond acceptors (Lipinski definition) is 4. The zero-order chi connectivity index (χ0) is 23.2. The first-order valence-corrected chi connectivity index (χ1v) is 10.9. The lowest BCUT2D eigenvalue weighted by atomic mass is 10.1. The normalized spacial score (nSPS) is 13.9. The lowest BCUT2D eigenvalue weighted by Gasteiger charge is -2.24. The molecule has 7 heteroatoms. The lowest BCUT2D eigenvalue weighted by Crippen LogP contribution is -2.27. The number of nitrogens with one attached hydrogen (secondary N) is 3. The Kier molecular flexibility index (Phi) is 7.00. The van der Waals surface area contributed by atoms with Gasteiger partial charge in [0.15, 0.2) is 0 Å². The van der Waals surface area contributed by atoms with Crippen LogP contribution in [-0.2, 0) is 4.74 Å². The summed E-state index contributed by atoms with van der Waals surface area (Å²) in [5.74, 6) is -1.60. The number of hydrogen-bond donors (Lipinski definition) is 3. The number of carbonyl (C=O) groups is 2. The molecule has 0 atom stereocenters. The summed E-state index contributed by atoms with van der Waals surface area (Å²) < 4.78 is 19.4. The van der Waals surface area contributed by atoms with Gasteiger partial charge in [0, 0.05) is 30.6 Å². The van der Waals surface area contributed by atoms with Crippen LogP contribution in [0.4, 0.5) is 21.5 Å². The predicted octanol–water partition coefficient (Wildman–Crippen LogP) is 5.23. The van der Waals surface area contributed by atoms with Gasteiger partial charge in [0.05, 0.1) is 16.8 Å². The minimum Gasteiger partial charge on any atom is -0.382 e. The average Bonchev–Trinajstić information content (AvgIpc) is 2.82. The maximum atomic E-state index is 14.0. The molecule has 2 amide bonds. The highest BCUT2D eigenvalue weighted by molar-refractivity contribution is 6.13. The molecule has 0 bridgehead atoms. The number of ether oxygens (including phenoxy) is 1. The summed E-state index contributed by atoms with van der Waals surface area (Å²) in [5.41, 5.74) is 2.87. The van der Waals surface area contributed by atoms with Crippen LogP contribution in [0.2, 0.25) is 0 Å². The van der Waals surface area contributed by atoms with Crippen LogP contribution in [-0.4, -0.2) is 31.1 Å². The molecule has 0 aromatic heterocycles. The molecular weight excluding hydrogens is 421 g/mol. The molecule has 1 aliphatic rings. The van der Waals surface area contributed by atoms with Crippen LogP contribution in [0.5, 0.6) is 0 Å². The third kappa shape index (κ3) is 5.56. The zero-order valence-corrected chi connectivity index (χ0v) is 18.4. The summed E-state index contributed by atoms with van der Waals surface area (Å²) in [6.45, 7) is 3.31. The molecule has 1 heterocycles. The second-order valence-corrected chi connectivity index (χ2v) is 7.99. The number of para-hydroxylation sites is 1. The van der Waals surface area contributed by atoms with Gasteiger partial charge in [-0.25, -0.2) is 4.39 Å². The van der Waals surface area contributed by atoms with Crippen LogP contribution in [0.1, 0.15) is 39.1 Å². The fraction of sp³-hybridized carbons (Fsp3) is 0.231. The van der Waals surface area contributed by atoms with E-state index >= 15 is 0 Å². The highest BCUT2D eigenvalue weighted by atomic mass is 19.1. The Morgan fingerprint density at radius 3 is 2.18 bits per heavy atom. The summed E-state index contributed by atoms with van der Waals surface area (Å²) in [6, 6.07) is 18.7. The fourth-order valence-corrected chi connectivity index (χ4v) is 3.77. The standard InChI is InChI=1S/C26H26FN3O3/c1-17-5-4-7-22(24(17)30-25(31)21-6-2-3-8-23(21)27)26(32)29-19-11-9-18(10-12-19)28-20-13-15-33-16-14-20/h2-12,20,28H,13-16H2,1H3,(H,29,32)(H,30,31). The van der Waals surface area contributed by atoms with E-state index in [-0.39, 0.29) is 11.5 Å². The van der Waals surface area contributed by atoms with E-state index < -0.39 is 11.7 Å². The van der Waals surface area contributed by atoms with E-state index in [2.05, 4.69) is 16.0 Å². The minimum absolute atomic E-state index is 0.0836. The molecule has 3 aromatic rings. The Bertz CT molecular complexity index is 1140. The average molecular weight is 448 g/mol. The Morgan fingerprint density at radius 1 is 0.818 bits per heavy atom. The SMILES string of the molecule is Cc1cccc(C(=O)Nc2ccc(NC3CCOCC3)cc2)c1NC(=O)c1ccccc1F. The Hall–Kier alpha value is -3.71. The van der Waals surface area contributed by atoms with E-state index in [1.54, 1.807) is 31.2 Å². The summed E-state index contributed by atoms with van der Waals surface area (Å²) in [5, 5.41) is 9.05. The summed E-state index contributed by atoms with van der Waals surface area (Å²) in [6.07, 6.45) is 1.93. The smallest absolute Gasteiger partial charge is 0.258 e. The molecule has 0 aliphatic carbocycles. The van der Waals surface area contributed by atoms with Gasteiger partial charge in [0.2, 0.25) is 0 Å². The molecule has 4 rings (SSSR count). The van der Waals surface area contributed by atoms with Crippen molar-refractivity contribution in [1.82, 2.24) is 0 Å². The third-order valence-corrected chi connectivity index (χ3v) is 5.61. The molecule has 33 heavy (non-hydrogen) atoms. The molecule has 0 saturated carbocycles. The lowest BCUT2D eigenvalue weighted by molar-refractivity contribution is 0.0904. The van der Waals surface area contributed by atoms with Crippen LogP contribution >= 0.6 is 0 Å². The van der Waals surface area contributed by atoms with Gasteiger partial charge in [0.1, 0.15) is 5.82 Å². The summed E-state index contributed by atoms with van der Waals surface area (Å²) in [4.78, 5) is 25.6. The first-order valence-electron chi connectivity index (χ1n) is 10.9. The molecule has 1 saturated heterocycles. The van der Waals surface area contributed by atoms with Crippen molar-refractivity contribution in [3.63, 3.8) is 0 Å². The molecule has 0 spiro atoms. The first-order chi connectivity index (χ1) is 16.0. The van der Waals surface area contributed by atoms with Crippen molar-refractivity contribution >= 4 is 28.9 Å². The maximum Gasteiger partial charge on any atom is 0.258 e. The van der Waals surface area contributed by atoms with E-state index in [9.17, 15) is 14.0 Å². The Balaban J connectivity index is 1.46. The molecule has 6 nitrogen and oxygen atoms in total. The molecule has 3 N–H and O–H groups in total. The predicted molar refractivity (Wildman–Crippen MR) is 127 cm³/mol. The van der Waals surface area contributed by atoms with Crippen molar-refractivity contribution in [1.29, 1.82) is 0 Å². The van der Waals surface area contributed by atoms with Crippen LogP contribution < -0.4 is 16.0 Å². The van der Waals surface area contributed by atoms with E-state index in [4.69, 9.17) is 4.74 Å². The Labute approximate surface area is 192 Å². The van der Waals surface area contributed by atoms with Gasteiger partial charge < -0.3 is 20.7 Å². The zero-order valence-electron chi connectivity index (χ0n) is 18.4. The van der Waals surface area contributed by atoms with Crippen molar-refractivity contribution in [3.05, 3.63) is 89.2 Å².